The number of alkyl halides is 1. The average Bonchev–Trinajstić information content (AvgIpc) is 2.81. The molecule has 0 amide bonds. The van der Waals surface area contributed by atoms with Gasteiger partial charge in [0.1, 0.15) is 0 Å². The van der Waals surface area contributed by atoms with Gasteiger partial charge < -0.3 is 5.32 Å². The average molecular weight is 371 g/mol. The molecule has 0 bridgehead atoms. The molecule has 2 aromatic rings. The van der Waals surface area contributed by atoms with Crippen molar-refractivity contribution in [2.45, 2.75) is 39.3 Å². The molecular weight excluding hydrogens is 349 g/mol. The summed E-state index contributed by atoms with van der Waals surface area (Å²) in [5.41, 5.74) is 2.41. The molecule has 0 atom stereocenters. The summed E-state index contributed by atoms with van der Waals surface area (Å²) < 4.78 is 3.35. The van der Waals surface area contributed by atoms with E-state index in [-0.39, 0.29) is 0 Å². The predicted octanol–water partition coefficient (Wildman–Crippen LogP) is 3.75. The summed E-state index contributed by atoms with van der Waals surface area (Å²) in [4.78, 5) is 0. The van der Waals surface area contributed by atoms with Crippen LogP contribution in [0.3, 0.4) is 0 Å². The number of para-hydroxylation sites is 1. The molecule has 0 saturated heterocycles. The molecule has 2 rings (SSSR count). The lowest BCUT2D eigenvalue weighted by Crippen LogP contribution is -2.15. The van der Waals surface area contributed by atoms with Crippen molar-refractivity contribution >= 4 is 33.5 Å². The Morgan fingerprint density at radius 2 is 2.05 bits per heavy atom. The highest BCUT2D eigenvalue weighted by Crippen LogP contribution is 2.18. The van der Waals surface area contributed by atoms with Gasteiger partial charge >= 0.3 is 0 Å². The molecule has 0 radical (unpaired) electrons. The van der Waals surface area contributed by atoms with Crippen LogP contribution in [-0.2, 0) is 13.1 Å². The number of aryl methyl sites for hydroxylation is 1. The number of nitrogens with one attached hydrogen (secondary N) is 1. The van der Waals surface area contributed by atoms with E-state index in [1.165, 1.54) is 40.3 Å². The van der Waals surface area contributed by atoms with Crippen molar-refractivity contribution in [2.75, 3.05) is 11.0 Å². The first-order valence-electron chi connectivity index (χ1n) is 7.08. The van der Waals surface area contributed by atoms with Crippen LogP contribution in [0, 0.1) is 0 Å². The summed E-state index contributed by atoms with van der Waals surface area (Å²) in [6, 6.07) is 8.49. The van der Waals surface area contributed by atoms with Crippen LogP contribution >= 0.6 is 22.6 Å². The SMILES string of the molecule is CCn1nc(CNCCCCCI)c2ccccc21. The Kier molecular flexibility index (Phi) is 6.10. The Labute approximate surface area is 128 Å². The predicted molar refractivity (Wildman–Crippen MR) is 89.9 cm³/mol. The standard InChI is InChI=1S/C15H22IN3/c1-2-19-15-9-5-4-8-13(15)14(18-19)12-17-11-7-3-6-10-16/h4-5,8-9,17H,2-3,6-7,10-12H2,1H3. The summed E-state index contributed by atoms with van der Waals surface area (Å²) in [7, 11) is 0. The second kappa shape index (κ2) is 7.85. The van der Waals surface area contributed by atoms with Crippen molar-refractivity contribution in [3.8, 4) is 0 Å². The minimum atomic E-state index is 0.873. The van der Waals surface area contributed by atoms with E-state index in [2.05, 4.69) is 63.8 Å². The monoisotopic (exact) mass is 371 g/mol. The smallest absolute Gasteiger partial charge is 0.0841 e. The highest BCUT2D eigenvalue weighted by atomic mass is 127. The van der Waals surface area contributed by atoms with Crippen molar-refractivity contribution in [3.05, 3.63) is 30.0 Å². The van der Waals surface area contributed by atoms with E-state index in [9.17, 15) is 0 Å². The van der Waals surface area contributed by atoms with E-state index in [1.807, 2.05) is 0 Å². The van der Waals surface area contributed by atoms with Gasteiger partial charge in [-0.25, -0.2) is 0 Å². The fraction of sp³-hybridized carbons (Fsp3) is 0.533. The van der Waals surface area contributed by atoms with Gasteiger partial charge in [-0.1, -0.05) is 47.2 Å². The molecule has 0 saturated carbocycles. The van der Waals surface area contributed by atoms with Gasteiger partial charge in [-0.2, -0.15) is 5.10 Å². The van der Waals surface area contributed by atoms with E-state index in [1.54, 1.807) is 0 Å². The quantitative estimate of drug-likeness (QED) is 0.435. The number of rotatable bonds is 8. The van der Waals surface area contributed by atoms with Crippen LogP contribution in [0.4, 0.5) is 0 Å². The van der Waals surface area contributed by atoms with Gasteiger partial charge in [0.25, 0.3) is 0 Å². The maximum atomic E-state index is 4.69. The van der Waals surface area contributed by atoms with Crippen molar-refractivity contribution in [3.63, 3.8) is 0 Å². The third kappa shape index (κ3) is 3.92. The molecule has 0 aliphatic carbocycles. The largest absolute Gasteiger partial charge is 0.311 e. The molecule has 19 heavy (non-hydrogen) atoms. The van der Waals surface area contributed by atoms with Gasteiger partial charge in [0.2, 0.25) is 0 Å². The first kappa shape index (κ1) is 14.8. The second-order valence-electron chi connectivity index (χ2n) is 4.71. The second-order valence-corrected chi connectivity index (χ2v) is 5.78. The highest BCUT2D eigenvalue weighted by molar-refractivity contribution is 14.1. The number of benzene rings is 1. The zero-order chi connectivity index (χ0) is 13.5. The lowest BCUT2D eigenvalue weighted by Gasteiger charge is -2.02. The fourth-order valence-corrected chi connectivity index (χ4v) is 2.84. The van der Waals surface area contributed by atoms with Crippen LogP contribution in [0.2, 0.25) is 0 Å². The molecule has 1 heterocycles. The third-order valence-electron chi connectivity index (χ3n) is 3.31. The van der Waals surface area contributed by atoms with Crippen molar-refractivity contribution < 1.29 is 0 Å². The molecule has 1 N–H and O–H groups in total. The van der Waals surface area contributed by atoms with Crippen LogP contribution in [0.1, 0.15) is 31.9 Å². The summed E-state index contributed by atoms with van der Waals surface area (Å²) in [5.74, 6) is 0. The molecule has 0 unspecified atom stereocenters. The van der Waals surface area contributed by atoms with E-state index < -0.39 is 0 Å². The molecule has 3 nitrogen and oxygen atoms in total. The minimum absolute atomic E-state index is 0.873. The molecule has 4 heteroatoms. The van der Waals surface area contributed by atoms with Crippen LogP contribution in [0.25, 0.3) is 10.9 Å². The van der Waals surface area contributed by atoms with Gasteiger partial charge in [0.05, 0.1) is 11.2 Å². The Hall–Kier alpha value is -0.620. The van der Waals surface area contributed by atoms with Crippen molar-refractivity contribution in [2.24, 2.45) is 0 Å². The number of unbranched alkanes of at least 4 members (excludes halogenated alkanes) is 2. The molecule has 0 aliphatic rings. The zero-order valence-electron chi connectivity index (χ0n) is 11.5. The molecule has 0 spiro atoms. The van der Waals surface area contributed by atoms with Crippen molar-refractivity contribution in [1.29, 1.82) is 0 Å². The Morgan fingerprint density at radius 3 is 2.84 bits per heavy atom. The zero-order valence-corrected chi connectivity index (χ0v) is 13.7. The third-order valence-corrected chi connectivity index (χ3v) is 4.08. The first-order valence-corrected chi connectivity index (χ1v) is 8.60. The number of fused-ring (bicyclic) bond motifs is 1. The van der Waals surface area contributed by atoms with Gasteiger partial charge in [-0.3, -0.25) is 4.68 Å². The van der Waals surface area contributed by atoms with Crippen LogP contribution in [0.15, 0.2) is 24.3 Å². The number of aromatic nitrogens is 2. The number of hydrogen-bond acceptors (Lipinski definition) is 2. The Bertz CT molecular complexity index is 507. The van der Waals surface area contributed by atoms with Crippen molar-refractivity contribution in [1.82, 2.24) is 15.1 Å². The first-order chi connectivity index (χ1) is 9.36. The number of halogens is 1. The Balaban J connectivity index is 1.93. The molecular formula is C15H22IN3. The van der Waals surface area contributed by atoms with E-state index in [4.69, 9.17) is 5.10 Å². The van der Waals surface area contributed by atoms with Gasteiger partial charge in [-0.15, -0.1) is 0 Å². The maximum Gasteiger partial charge on any atom is 0.0841 e. The lowest BCUT2D eigenvalue weighted by molar-refractivity contribution is 0.599. The highest BCUT2D eigenvalue weighted by Gasteiger charge is 2.07. The topological polar surface area (TPSA) is 29.9 Å². The molecule has 0 fully saturated rings. The molecule has 1 aromatic heterocycles. The number of nitrogens with zero attached hydrogens (tertiary/aromatic N) is 2. The molecule has 104 valence electrons. The van der Waals surface area contributed by atoms with Gasteiger partial charge in [0, 0.05) is 18.5 Å². The summed E-state index contributed by atoms with van der Waals surface area (Å²) in [6.45, 7) is 5.03. The number of hydrogen-bond donors (Lipinski definition) is 1. The van der Waals surface area contributed by atoms with Crippen LogP contribution < -0.4 is 5.32 Å². The molecule has 0 aliphatic heterocycles. The summed E-state index contributed by atoms with van der Waals surface area (Å²) in [5, 5.41) is 9.49. The van der Waals surface area contributed by atoms with Crippen LogP contribution in [0.5, 0.6) is 0 Å². The van der Waals surface area contributed by atoms with Crippen LogP contribution in [-0.4, -0.2) is 20.8 Å². The van der Waals surface area contributed by atoms with E-state index in [0.717, 1.165) is 19.6 Å². The van der Waals surface area contributed by atoms with E-state index >= 15 is 0 Å². The summed E-state index contributed by atoms with van der Waals surface area (Å²) in [6.07, 6.45) is 3.91. The van der Waals surface area contributed by atoms with Gasteiger partial charge in [0.15, 0.2) is 0 Å². The fourth-order valence-electron chi connectivity index (χ4n) is 2.30. The summed E-state index contributed by atoms with van der Waals surface area (Å²) >= 11 is 2.44. The molecule has 1 aromatic carbocycles. The normalized spacial score (nSPS) is 11.3. The lowest BCUT2D eigenvalue weighted by atomic mass is 10.2. The van der Waals surface area contributed by atoms with E-state index in [0.29, 0.717) is 0 Å². The van der Waals surface area contributed by atoms with Gasteiger partial charge in [-0.05, 0) is 36.8 Å². The maximum absolute atomic E-state index is 4.69. The Morgan fingerprint density at radius 1 is 1.21 bits per heavy atom. The minimum Gasteiger partial charge on any atom is -0.311 e.